The summed E-state index contributed by atoms with van der Waals surface area (Å²) >= 11 is 0. The van der Waals surface area contributed by atoms with Crippen LogP contribution in [0.4, 0.5) is 0 Å². The quantitative estimate of drug-likeness (QED) is 0.685. The van der Waals surface area contributed by atoms with Crippen molar-refractivity contribution in [1.82, 2.24) is 0 Å². The smallest absolute Gasteiger partial charge is 0.306 e. The Hall–Kier alpha value is -1.31. The predicted octanol–water partition coefficient (Wildman–Crippen LogP) is 3.56. The molecule has 1 aromatic rings. The Bertz CT molecular complexity index is 306. The molecule has 2 heteroatoms. The van der Waals surface area contributed by atoms with E-state index in [2.05, 4.69) is 13.8 Å². The van der Waals surface area contributed by atoms with Crippen LogP contribution in [0.15, 0.2) is 30.3 Å². The Balaban J connectivity index is 2.25. The number of hydrogen-bond acceptors (Lipinski definition) is 2. The van der Waals surface area contributed by atoms with Crippen LogP contribution in [-0.4, -0.2) is 5.97 Å². The van der Waals surface area contributed by atoms with E-state index >= 15 is 0 Å². The fraction of sp³-hybridized carbons (Fsp3) is 0.500. The van der Waals surface area contributed by atoms with Gasteiger partial charge in [0.2, 0.25) is 0 Å². The SMILES string of the molecule is CCCC(C)CC(=O)OCc1ccccc1. The third-order valence-corrected chi connectivity index (χ3v) is 2.54. The molecule has 0 heterocycles. The van der Waals surface area contributed by atoms with Crippen molar-refractivity contribution in [3.05, 3.63) is 35.9 Å². The number of hydrogen-bond donors (Lipinski definition) is 0. The number of ether oxygens (including phenoxy) is 1. The van der Waals surface area contributed by atoms with E-state index in [-0.39, 0.29) is 5.97 Å². The van der Waals surface area contributed by atoms with Crippen LogP contribution < -0.4 is 0 Å². The molecule has 1 rings (SSSR count). The van der Waals surface area contributed by atoms with Crippen LogP contribution in [-0.2, 0) is 16.1 Å². The van der Waals surface area contributed by atoms with Gasteiger partial charge in [-0.25, -0.2) is 0 Å². The Kier molecular flexibility index (Phi) is 5.62. The number of rotatable bonds is 6. The summed E-state index contributed by atoms with van der Waals surface area (Å²) in [6.07, 6.45) is 2.73. The second-order valence-corrected chi connectivity index (χ2v) is 4.24. The molecule has 2 nitrogen and oxygen atoms in total. The first-order chi connectivity index (χ1) is 7.72. The Labute approximate surface area is 97.6 Å². The van der Waals surface area contributed by atoms with Crippen molar-refractivity contribution in [2.24, 2.45) is 5.92 Å². The number of benzene rings is 1. The lowest BCUT2D eigenvalue weighted by molar-refractivity contribution is -0.146. The predicted molar refractivity (Wildman–Crippen MR) is 64.9 cm³/mol. The van der Waals surface area contributed by atoms with Gasteiger partial charge in [-0.05, 0) is 11.5 Å². The molecule has 0 aliphatic heterocycles. The van der Waals surface area contributed by atoms with Gasteiger partial charge in [-0.1, -0.05) is 57.0 Å². The molecule has 0 saturated heterocycles. The molecule has 0 radical (unpaired) electrons. The maximum absolute atomic E-state index is 11.5. The summed E-state index contributed by atoms with van der Waals surface area (Å²) < 4.78 is 5.21. The summed E-state index contributed by atoms with van der Waals surface area (Å²) in [5.74, 6) is 0.332. The standard InChI is InChI=1S/C14H20O2/c1-3-7-12(2)10-14(15)16-11-13-8-5-4-6-9-13/h4-6,8-9,12H,3,7,10-11H2,1-2H3. The van der Waals surface area contributed by atoms with E-state index in [0.29, 0.717) is 18.9 Å². The van der Waals surface area contributed by atoms with Crippen molar-refractivity contribution in [2.45, 2.75) is 39.7 Å². The van der Waals surface area contributed by atoms with Gasteiger partial charge in [-0.15, -0.1) is 0 Å². The van der Waals surface area contributed by atoms with E-state index in [1.165, 1.54) is 0 Å². The van der Waals surface area contributed by atoms with E-state index < -0.39 is 0 Å². The van der Waals surface area contributed by atoms with Crippen molar-refractivity contribution in [3.63, 3.8) is 0 Å². The van der Waals surface area contributed by atoms with Crippen molar-refractivity contribution in [3.8, 4) is 0 Å². The Morgan fingerprint density at radius 2 is 2.00 bits per heavy atom. The summed E-state index contributed by atoms with van der Waals surface area (Å²) in [6, 6.07) is 9.77. The molecule has 0 N–H and O–H groups in total. The molecule has 0 spiro atoms. The third-order valence-electron chi connectivity index (χ3n) is 2.54. The normalized spacial score (nSPS) is 12.1. The van der Waals surface area contributed by atoms with Crippen molar-refractivity contribution < 1.29 is 9.53 Å². The van der Waals surface area contributed by atoms with Crippen molar-refractivity contribution in [2.75, 3.05) is 0 Å². The molecule has 88 valence electrons. The minimum Gasteiger partial charge on any atom is -0.461 e. The van der Waals surface area contributed by atoms with Gasteiger partial charge in [-0.3, -0.25) is 4.79 Å². The second-order valence-electron chi connectivity index (χ2n) is 4.24. The molecule has 1 atom stereocenters. The average molecular weight is 220 g/mol. The van der Waals surface area contributed by atoms with E-state index in [4.69, 9.17) is 4.74 Å². The average Bonchev–Trinajstić information content (AvgIpc) is 2.28. The number of esters is 1. The highest BCUT2D eigenvalue weighted by atomic mass is 16.5. The van der Waals surface area contributed by atoms with Gasteiger partial charge < -0.3 is 4.74 Å². The molecule has 0 aromatic heterocycles. The lowest BCUT2D eigenvalue weighted by atomic mass is 10.0. The van der Waals surface area contributed by atoms with E-state index in [9.17, 15) is 4.79 Å². The topological polar surface area (TPSA) is 26.3 Å². The zero-order chi connectivity index (χ0) is 11.8. The number of carbonyl (C=O) groups excluding carboxylic acids is 1. The molecule has 0 aliphatic rings. The van der Waals surface area contributed by atoms with Crippen LogP contribution in [0.5, 0.6) is 0 Å². The second kappa shape index (κ2) is 7.04. The lowest BCUT2D eigenvalue weighted by Crippen LogP contribution is -2.09. The van der Waals surface area contributed by atoms with Crippen LogP contribution in [0.25, 0.3) is 0 Å². The molecule has 1 aromatic carbocycles. The fourth-order valence-corrected chi connectivity index (χ4v) is 1.68. The molecule has 0 saturated carbocycles. The van der Waals surface area contributed by atoms with Crippen LogP contribution in [0, 0.1) is 5.92 Å². The van der Waals surface area contributed by atoms with Crippen molar-refractivity contribution >= 4 is 5.97 Å². The van der Waals surface area contributed by atoms with Crippen LogP contribution in [0.2, 0.25) is 0 Å². The van der Waals surface area contributed by atoms with Gasteiger partial charge in [0.15, 0.2) is 0 Å². The Morgan fingerprint density at radius 1 is 1.31 bits per heavy atom. The minimum atomic E-state index is -0.0928. The maximum Gasteiger partial charge on any atom is 0.306 e. The molecule has 0 fully saturated rings. The van der Waals surface area contributed by atoms with Gasteiger partial charge in [0.25, 0.3) is 0 Å². The number of carbonyl (C=O) groups is 1. The molecule has 16 heavy (non-hydrogen) atoms. The molecule has 0 aliphatic carbocycles. The lowest BCUT2D eigenvalue weighted by Gasteiger charge is -2.09. The van der Waals surface area contributed by atoms with Crippen molar-refractivity contribution in [1.29, 1.82) is 0 Å². The summed E-state index contributed by atoms with van der Waals surface area (Å²) in [6.45, 7) is 4.61. The zero-order valence-corrected chi connectivity index (χ0v) is 10.1. The zero-order valence-electron chi connectivity index (χ0n) is 10.1. The first-order valence-corrected chi connectivity index (χ1v) is 5.92. The minimum absolute atomic E-state index is 0.0928. The van der Waals surface area contributed by atoms with Gasteiger partial charge in [-0.2, -0.15) is 0 Å². The first-order valence-electron chi connectivity index (χ1n) is 5.92. The highest BCUT2D eigenvalue weighted by Crippen LogP contribution is 2.11. The molecule has 0 amide bonds. The summed E-state index contributed by atoms with van der Waals surface area (Å²) in [5, 5.41) is 0. The summed E-state index contributed by atoms with van der Waals surface area (Å²) in [7, 11) is 0. The highest BCUT2D eigenvalue weighted by molar-refractivity contribution is 5.69. The molecule has 1 unspecified atom stereocenters. The van der Waals surface area contributed by atoms with Crippen LogP contribution in [0.1, 0.15) is 38.7 Å². The molecule has 0 bridgehead atoms. The van der Waals surface area contributed by atoms with Crippen LogP contribution in [0.3, 0.4) is 0 Å². The largest absolute Gasteiger partial charge is 0.461 e. The van der Waals surface area contributed by atoms with E-state index in [1.807, 2.05) is 30.3 Å². The van der Waals surface area contributed by atoms with E-state index in [0.717, 1.165) is 18.4 Å². The van der Waals surface area contributed by atoms with Gasteiger partial charge in [0.1, 0.15) is 6.61 Å². The van der Waals surface area contributed by atoms with Gasteiger partial charge >= 0.3 is 5.97 Å². The summed E-state index contributed by atoms with van der Waals surface area (Å²) in [5.41, 5.74) is 1.04. The highest BCUT2D eigenvalue weighted by Gasteiger charge is 2.09. The fourth-order valence-electron chi connectivity index (χ4n) is 1.68. The molecular weight excluding hydrogens is 200 g/mol. The first kappa shape index (κ1) is 12.8. The summed E-state index contributed by atoms with van der Waals surface area (Å²) in [4.78, 5) is 11.5. The Morgan fingerprint density at radius 3 is 2.62 bits per heavy atom. The third kappa shape index (κ3) is 4.96. The maximum atomic E-state index is 11.5. The molecular formula is C14H20O2. The van der Waals surface area contributed by atoms with Gasteiger partial charge in [0.05, 0.1) is 0 Å². The monoisotopic (exact) mass is 220 g/mol. The van der Waals surface area contributed by atoms with Gasteiger partial charge in [0, 0.05) is 6.42 Å². The van der Waals surface area contributed by atoms with Crippen LogP contribution >= 0.6 is 0 Å². The van der Waals surface area contributed by atoms with E-state index in [1.54, 1.807) is 0 Å².